The largest absolute Gasteiger partial charge is 0.496 e. The van der Waals surface area contributed by atoms with Crippen molar-refractivity contribution in [1.82, 2.24) is 0 Å². The molecule has 5 heteroatoms. The fraction of sp³-hybridized carbons (Fsp3) is 0.250. The molecule has 2 rings (SSSR count). The van der Waals surface area contributed by atoms with Crippen molar-refractivity contribution >= 4 is 11.6 Å². The van der Waals surface area contributed by atoms with Crippen molar-refractivity contribution in [2.45, 2.75) is 18.4 Å². The maximum atomic E-state index is 12.2. The monoisotopic (exact) mass is 312 g/mol. The fourth-order valence-electron chi connectivity index (χ4n) is 2.07. The van der Waals surface area contributed by atoms with Crippen LogP contribution < -0.4 is 9.47 Å². The van der Waals surface area contributed by atoms with E-state index < -0.39 is 6.61 Å². The third-order valence-corrected chi connectivity index (χ3v) is 3.44. The molecule has 0 spiro atoms. The summed E-state index contributed by atoms with van der Waals surface area (Å²) in [5.74, 6) is 0.858. The standard InChI is InChI=1S/C16H15ClF2O2/c1-20-15-8-3-2-5-12(15)10-14(17)11-6-4-7-13(9-11)21-16(18)19/h2-9,14,16H,10H2,1H3. The highest BCUT2D eigenvalue weighted by atomic mass is 35.5. The van der Waals surface area contributed by atoms with Crippen LogP contribution in [0.5, 0.6) is 11.5 Å². The number of halogens is 3. The van der Waals surface area contributed by atoms with Gasteiger partial charge in [-0.3, -0.25) is 0 Å². The van der Waals surface area contributed by atoms with Crippen LogP contribution in [0.1, 0.15) is 16.5 Å². The minimum atomic E-state index is -2.84. The molecule has 0 bridgehead atoms. The molecule has 112 valence electrons. The number of methoxy groups -OCH3 is 1. The summed E-state index contributed by atoms with van der Waals surface area (Å²) >= 11 is 6.38. The van der Waals surface area contributed by atoms with Crippen molar-refractivity contribution in [2.75, 3.05) is 7.11 Å². The molecule has 2 nitrogen and oxygen atoms in total. The summed E-state index contributed by atoms with van der Waals surface area (Å²) < 4.78 is 34.1. The number of hydrogen-bond acceptors (Lipinski definition) is 2. The van der Waals surface area contributed by atoms with Crippen LogP contribution in [0.4, 0.5) is 8.78 Å². The van der Waals surface area contributed by atoms with Crippen molar-refractivity contribution in [1.29, 1.82) is 0 Å². The topological polar surface area (TPSA) is 18.5 Å². The van der Waals surface area contributed by atoms with E-state index in [0.717, 1.165) is 16.9 Å². The Kier molecular flexibility index (Phi) is 5.39. The number of hydrogen-bond donors (Lipinski definition) is 0. The second-order valence-corrected chi connectivity index (χ2v) is 4.96. The molecule has 0 aliphatic rings. The van der Waals surface area contributed by atoms with Gasteiger partial charge < -0.3 is 9.47 Å². The van der Waals surface area contributed by atoms with E-state index in [1.807, 2.05) is 24.3 Å². The van der Waals surface area contributed by atoms with Crippen LogP contribution in [0.2, 0.25) is 0 Å². The van der Waals surface area contributed by atoms with Gasteiger partial charge in [-0.25, -0.2) is 0 Å². The molecule has 0 saturated heterocycles. The van der Waals surface area contributed by atoms with Crippen molar-refractivity contribution in [3.63, 3.8) is 0 Å². The molecule has 0 N–H and O–H groups in total. The predicted molar refractivity (Wildman–Crippen MR) is 78.4 cm³/mol. The van der Waals surface area contributed by atoms with Gasteiger partial charge in [-0.1, -0.05) is 30.3 Å². The van der Waals surface area contributed by atoms with E-state index in [4.69, 9.17) is 16.3 Å². The van der Waals surface area contributed by atoms with Gasteiger partial charge in [-0.2, -0.15) is 8.78 Å². The maximum Gasteiger partial charge on any atom is 0.387 e. The molecule has 0 heterocycles. The molecule has 21 heavy (non-hydrogen) atoms. The van der Waals surface area contributed by atoms with Crippen molar-refractivity contribution in [3.8, 4) is 11.5 Å². The molecule has 0 aliphatic carbocycles. The highest BCUT2D eigenvalue weighted by Crippen LogP contribution is 2.31. The predicted octanol–water partition coefficient (Wildman–Crippen LogP) is 4.82. The van der Waals surface area contributed by atoms with Crippen molar-refractivity contribution in [3.05, 3.63) is 59.7 Å². The second kappa shape index (κ2) is 7.27. The van der Waals surface area contributed by atoms with Crippen LogP contribution in [0, 0.1) is 0 Å². The average molecular weight is 313 g/mol. The third-order valence-electron chi connectivity index (χ3n) is 3.04. The van der Waals surface area contributed by atoms with Crippen LogP contribution in [0.15, 0.2) is 48.5 Å². The molecule has 2 aromatic rings. The normalized spacial score (nSPS) is 12.2. The Morgan fingerprint density at radius 3 is 2.57 bits per heavy atom. The van der Waals surface area contributed by atoms with Crippen LogP contribution in [-0.4, -0.2) is 13.7 Å². The molecule has 2 aromatic carbocycles. The Bertz CT molecular complexity index is 590. The fourth-order valence-corrected chi connectivity index (χ4v) is 2.37. The Hall–Kier alpha value is -1.81. The van der Waals surface area contributed by atoms with E-state index in [9.17, 15) is 8.78 Å². The van der Waals surface area contributed by atoms with Crippen LogP contribution >= 0.6 is 11.6 Å². The number of rotatable bonds is 6. The first kappa shape index (κ1) is 15.6. The van der Waals surface area contributed by atoms with E-state index in [1.54, 1.807) is 19.2 Å². The van der Waals surface area contributed by atoms with Gasteiger partial charge in [-0.15, -0.1) is 11.6 Å². The number of alkyl halides is 3. The molecule has 0 saturated carbocycles. The second-order valence-electron chi connectivity index (χ2n) is 4.43. The lowest BCUT2D eigenvalue weighted by Gasteiger charge is -2.14. The average Bonchev–Trinajstić information content (AvgIpc) is 2.47. The molecule has 1 unspecified atom stereocenters. The molecule has 0 aromatic heterocycles. The zero-order valence-electron chi connectivity index (χ0n) is 11.4. The lowest BCUT2D eigenvalue weighted by molar-refractivity contribution is -0.0498. The maximum absolute atomic E-state index is 12.2. The van der Waals surface area contributed by atoms with Crippen LogP contribution in [0.3, 0.4) is 0 Å². The highest BCUT2D eigenvalue weighted by molar-refractivity contribution is 6.21. The zero-order valence-corrected chi connectivity index (χ0v) is 12.2. The summed E-state index contributed by atoms with van der Waals surface area (Å²) in [6, 6.07) is 14.0. The van der Waals surface area contributed by atoms with Gasteiger partial charge in [-0.05, 0) is 35.7 Å². The summed E-state index contributed by atoms with van der Waals surface area (Å²) in [6.07, 6.45) is 0.531. The van der Waals surface area contributed by atoms with Gasteiger partial charge >= 0.3 is 6.61 Å². The van der Waals surface area contributed by atoms with Gasteiger partial charge in [0, 0.05) is 0 Å². The third kappa shape index (κ3) is 4.33. The highest BCUT2D eigenvalue weighted by Gasteiger charge is 2.13. The molecule has 0 fully saturated rings. The smallest absolute Gasteiger partial charge is 0.387 e. The lowest BCUT2D eigenvalue weighted by Crippen LogP contribution is -2.03. The molecular weight excluding hydrogens is 298 g/mol. The van der Waals surface area contributed by atoms with Gasteiger partial charge in [0.25, 0.3) is 0 Å². The van der Waals surface area contributed by atoms with E-state index >= 15 is 0 Å². The number of para-hydroxylation sites is 1. The Labute approximate surface area is 127 Å². The minimum Gasteiger partial charge on any atom is -0.496 e. The van der Waals surface area contributed by atoms with Gasteiger partial charge in [0.1, 0.15) is 11.5 Å². The summed E-state index contributed by atoms with van der Waals surface area (Å²) in [4.78, 5) is 0. The van der Waals surface area contributed by atoms with Crippen LogP contribution in [-0.2, 0) is 6.42 Å². The zero-order chi connectivity index (χ0) is 15.2. The number of benzene rings is 2. The minimum absolute atomic E-state index is 0.105. The summed E-state index contributed by atoms with van der Waals surface area (Å²) in [6.45, 7) is -2.84. The summed E-state index contributed by atoms with van der Waals surface area (Å²) in [7, 11) is 1.60. The number of ether oxygens (including phenoxy) is 2. The van der Waals surface area contributed by atoms with E-state index in [-0.39, 0.29) is 11.1 Å². The van der Waals surface area contributed by atoms with E-state index in [1.165, 1.54) is 12.1 Å². The molecule has 1 atom stereocenters. The SMILES string of the molecule is COc1ccccc1CC(Cl)c1cccc(OC(F)F)c1. The van der Waals surface area contributed by atoms with Crippen molar-refractivity contribution < 1.29 is 18.3 Å². The molecule has 0 amide bonds. The first-order valence-electron chi connectivity index (χ1n) is 6.41. The van der Waals surface area contributed by atoms with Gasteiger partial charge in [0.2, 0.25) is 0 Å². The summed E-state index contributed by atoms with van der Waals surface area (Å²) in [5.41, 5.74) is 1.68. The van der Waals surface area contributed by atoms with E-state index in [0.29, 0.717) is 6.42 Å². The first-order chi connectivity index (χ1) is 10.1. The Balaban J connectivity index is 2.14. The first-order valence-corrected chi connectivity index (χ1v) is 6.84. The molecule has 0 aliphatic heterocycles. The molecule has 0 radical (unpaired) electrons. The lowest BCUT2D eigenvalue weighted by atomic mass is 10.0. The quantitative estimate of drug-likeness (QED) is 0.712. The van der Waals surface area contributed by atoms with Crippen LogP contribution in [0.25, 0.3) is 0 Å². The van der Waals surface area contributed by atoms with Gasteiger partial charge in [0.05, 0.1) is 12.5 Å². The Morgan fingerprint density at radius 2 is 1.86 bits per heavy atom. The Morgan fingerprint density at radius 1 is 1.10 bits per heavy atom. The van der Waals surface area contributed by atoms with Gasteiger partial charge in [0.15, 0.2) is 0 Å². The van der Waals surface area contributed by atoms with Crippen molar-refractivity contribution in [2.24, 2.45) is 0 Å². The van der Waals surface area contributed by atoms with E-state index in [2.05, 4.69) is 4.74 Å². The molecular formula is C16H15ClF2O2. The summed E-state index contributed by atoms with van der Waals surface area (Å²) in [5, 5.41) is -0.359.